The van der Waals surface area contributed by atoms with E-state index in [0.717, 1.165) is 98.6 Å². The summed E-state index contributed by atoms with van der Waals surface area (Å²) in [6.45, 7) is 11.6. The molecule has 7 rings (SSSR count). The summed E-state index contributed by atoms with van der Waals surface area (Å²) >= 11 is 5.31. The van der Waals surface area contributed by atoms with Gasteiger partial charge in [-0.05, 0) is 57.5 Å². The molecule has 2 saturated heterocycles. The van der Waals surface area contributed by atoms with Gasteiger partial charge in [0.05, 0.1) is 60.5 Å². The molecule has 290 valence electrons. The van der Waals surface area contributed by atoms with Gasteiger partial charge in [0.2, 0.25) is 0 Å². The number of amides is 1. The maximum absolute atomic E-state index is 12.7. The Bertz CT molecular complexity index is 1790. The molecule has 1 unspecified atom stereocenters. The number of aromatic nitrogens is 4. The van der Waals surface area contributed by atoms with Crippen molar-refractivity contribution >= 4 is 29.0 Å². The molecule has 53 heavy (non-hydrogen) atoms. The molecule has 0 bridgehead atoms. The third kappa shape index (κ3) is 9.55. The Morgan fingerprint density at radius 3 is 2.57 bits per heavy atom. The molecular formula is C35H44ClF5N8O4. The molecule has 0 saturated carbocycles. The number of aryl methyl sites for hydroxylation is 1. The number of morpholine rings is 1. The number of alkyl halides is 3. The van der Waals surface area contributed by atoms with E-state index >= 15 is 0 Å². The summed E-state index contributed by atoms with van der Waals surface area (Å²) in [4.78, 5) is 28.9. The first kappa shape index (κ1) is 40.1. The molecule has 4 aliphatic heterocycles. The number of carbonyl (C=O) groups is 1. The highest BCUT2D eigenvalue weighted by Gasteiger charge is 2.44. The van der Waals surface area contributed by atoms with E-state index in [-0.39, 0.29) is 22.2 Å². The minimum Gasteiger partial charge on any atom is -0.461 e. The Hall–Kier alpha value is -4.06. The quantitative estimate of drug-likeness (QED) is 0.254. The highest BCUT2D eigenvalue weighted by atomic mass is 35.5. The van der Waals surface area contributed by atoms with E-state index in [4.69, 9.17) is 41.5 Å². The maximum atomic E-state index is 12.7. The first-order chi connectivity index (χ1) is 25.1. The van der Waals surface area contributed by atoms with Crippen LogP contribution in [0.4, 0.5) is 33.5 Å². The standard InChI is InChI=1S/C26H37N7O4.C7H5ClF3N.C2H2F2/c1-18-21-14-31(8-5-10-33(21)29-22(18)24(34)30(2)3)23-19-15-35-12-6-20(19)27-25(28-23)37-17-26-7-4-9-32(26)11-13-36-16-26;8-6-3-4(12)1-2-5(6)7(9,10)11;1-2(3)4/h4-17H2,1-3H3;1-3H,12H2;1H2. The van der Waals surface area contributed by atoms with Crippen LogP contribution in [-0.4, -0.2) is 101 Å². The van der Waals surface area contributed by atoms with E-state index in [2.05, 4.69) is 21.5 Å². The summed E-state index contributed by atoms with van der Waals surface area (Å²) in [6.07, 6.45) is -2.37. The van der Waals surface area contributed by atoms with Crippen molar-refractivity contribution in [2.24, 2.45) is 0 Å². The van der Waals surface area contributed by atoms with Crippen molar-refractivity contribution < 1.29 is 41.0 Å². The van der Waals surface area contributed by atoms with Crippen molar-refractivity contribution in [2.45, 2.75) is 64.0 Å². The molecule has 0 spiro atoms. The molecule has 1 amide bonds. The lowest BCUT2D eigenvalue weighted by molar-refractivity contribution is -0.137. The van der Waals surface area contributed by atoms with Gasteiger partial charge in [-0.25, -0.2) is 0 Å². The van der Waals surface area contributed by atoms with Crippen LogP contribution in [0.25, 0.3) is 0 Å². The summed E-state index contributed by atoms with van der Waals surface area (Å²) in [6, 6.07) is 3.52. The van der Waals surface area contributed by atoms with Crippen molar-refractivity contribution in [1.82, 2.24) is 29.5 Å². The number of rotatable bonds is 5. The van der Waals surface area contributed by atoms with Gasteiger partial charge < -0.3 is 29.7 Å². The number of benzene rings is 1. The van der Waals surface area contributed by atoms with Crippen molar-refractivity contribution in [1.29, 1.82) is 0 Å². The van der Waals surface area contributed by atoms with Gasteiger partial charge in [0.15, 0.2) is 5.69 Å². The first-order valence-electron chi connectivity index (χ1n) is 17.2. The Morgan fingerprint density at radius 1 is 1.11 bits per heavy atom. The molecule has 0 aliphatic carbocycles. The maximum Gasteiger partial charge on any atom is 0.417 e. The number of nitrogens with two attached hydrogens (primary N) is 1. The van der Waals surface area contributed by atoms with Gasteiger partial charge in [0.1, 0.15) is 12.4 Å². The van der Waals surface area contributed by atoms with Gasteiger partial charge in [0, 0.05) is 57.0 Å². The van der Waals surface area contributed by atoms with Crippen LogP contribution in [-0.2, 0) is 41.8 Å². The zero-order valence-corrected chi connectivity index (χ0v) is 30.7. The van der Waals surface area contributed by atoms with Crippen LogP contribution >= 0.6 is 11.6 Å². The summed E-state index contributed by atoms with van der Waals surface area (Å²) < 4.78 is 76.5. The molecule has 2 N–H and O–H groups in total. The van der Waals surface area contributed by atoms with Crippen molar-refractivity contribution in [3.05, 3.63) is 69.7 Å². The highest BCUT2D eigenvalue weighted by molar-refractivity contribution is 6.31. The molecule has 2 aromatic heterocycles. The highest BCUT2D eigenvalue weighted by Crippen LogP contribution is 2.36. The zero-order valence-electron chi connectivity index (χ0n) is 29.9. The Morgan fingerprint density at radius 2 is 1.87 bits per heavy atom. The number of nitrogens with zero attached hydrogens (tertiary/aromatic N) is 7. The van der Waals surface area contributed by atoms with Gasteiger partial charge in [-0.3, -0.25) is 14.4 Å². The van der Waals surface area contributed by atoms with Crippen molar-refractivity contribution in [3.8, 4) is 6.01 Å². The number of nitrogen functional groups attached to an aromatic ring is 1. The number of halogens is 6. The van der Waals surface area contributed by atoms with Crippen LogP contribution < -0.4 is 15.4 Å². The second-order valence-corrected chi connectivity index (χ2v) is 13.8. The third-order valence-corrected chi connectivity index (χ3v) is 9.85. The predicted octanol–water partition coefficient (Wildman–Crippen LogP) is 5.75. The number of anilines is 2. The largest absolute Gasteiger partial charge is 0.461 e. The fourth-order valence-electron chi connectivity index (χ4n) is 6.87. The SMILES string of the molecule is C=C(F)F.Cc1c(C(=O)N(C)C)nn2c1CN(c1nc(OCC34CCCN3CCOC4)nc3c1COCC3)CCC2.Nc1ccc(C(F)(F)F)c(Cl)c1. The third-order valence-electron chi connectivity index (χ3n) is 9.53. The van der Waals surface area contributed by atoms with Gasteiger partial charge in [-0.2, -0.15) is 37.0 Å². The minimum atomic E-state index is -4.41. The van der Waals surface area contributed by atoms with Gasteiger partial charge in [-0.15, -0.1) is 0 Å². The minimum absolute atomic E-state index is 0.0693. The molecule has 3 aromatic rings. The fourth-order valence-corrected chi connectivity index (χ4v) is 7.16. The second-order valence-electron chi connectivity index (χ2n) is 13.4. The number of hydrogen-bond acceptors (Lipinski definition) is 10. The van der Waals surface area contributed by atoms with E-state index < -0.39 is 17.8 Å². The van der Waals surface area contributed by atoms with E-state index in [0.29, 0.717) is 44.7 Å². The van der Waals surface area contributed by atoms with Gasteiger partial charge >= 0.3 is 12.2 Å². The second kappa shape index (κ2) is 17.0. The van der Waals surface area contributed by atoms with Crippen LogP contribution in [0.5, 0.6) is 6.01 Å². The normalized spacial score (nSPS) is 19.7. The predicted molar refractivity (Wildman–Crippen MR) is 188 cm³/mol. The Labute approximate surface area is 309 Å². The fraction of sp³-hybridized carbons (Fsp3) is 0.543. The molecule has 2 fully saturated rings. The number of hydrogen-bond donors (Lipinski definition) is 1. The summed E-state index contributed by atoms with van der Waals surface area (Å²) in [5.41, 5.74) is 9.04. The van der Waals surface area contributed by atoms with Crippen LogP contribution in [0.2, 0.25) is 5.02 Å². The lowest BCUT2D eigenvalue weighted by Gasteiger charge is -2.41. The van der Waals surface area contributed by atoms with Crippen LogP contribution in [0.15, 0.2) is 30.9 Å². The molecule has 0 radical (unpaired) electrons. The lowest BCUT2D eigenvalue weighted by Crippen LogP contribution is -2.56. The van der Waals surface area contributed by atoms with Crippen molar-refractivity contribution in [3.63, 3.8) is 0 Å². The average molecular weight is 771 g/mol. The monoisotopic (exact) mass is 770 g/mol. The smallest absolute Gasteiger partial charge is 0.417 e. The summed E-state index contributed by atoms with van der Waals surface area (Å²) in [5.74, 6) is 0.801. The van der Waals surface area contributed by atoms with E-state index in [1.54, 1.807) is 19.0 Å². The first-order valence-corrected chi connectivity index (χ1v) is 17.6. The van der Waals surface area contributed by atoms with Gasteiger partial charge in [-0.1, -0.05) is 11.6 Å². The molecule has 4 aliphatic rings. The molecule has 1 atom stereocenters. The van der Waals surface area contributed by atoms with Crippen LogP contribution in [0, 0.1) is 6.92 Å². The van der Waals surface area contributed by atoms with E-state index in [1.165, 1.54) is 6.42 Å². The van der Waals surface area contributed by atoms with Gasteiger partial charge in [0.25, 0.3) is 12.0 Å². The molecule has 1 aromatic carbocycles. The summed E-state index contributed by atoms with van der Waals surface area (Å²) in [5, 5.41) is 4.30. The average Bonchev–Trinajstić information content (AvgIpc) is 3.58. The van der Waals surface area contributed by atoms with E-state index in [9.17, 15) is 26.7 Å². The zero-order chi connectivity index (χ0) is 38.5. The lowest BCUT2D eigenvalue weighted by atomic mass is 9.97. The Balaban J connectivity index is 0.000000283. The molecular weight excluding hydrogens is 727 g/mol. The van der Waals surface area contributed by atoms with E-state index in [1.807, 2.05) is 11.6 Å². The van der Waals surface area contributed by atoms with Crippen LogP contribution in [0.3, 0.4) is 0 Å². The van der Waals surface area contributed by atoms with Crippen molar-refractivity contribution in [2.75, 3.05) is 70.8 Å². The Kier molecular flexibility index (Phi) is 12.8. The number of fused-ring (bicyclic) bond motifs is 3. The molecule has 6 heterocycles. The molecule has 12 nitrogen and oxygen atoms in total. The number of ether oxygens (including phenoxy) is 3. The summed E-state index contributed by atoms with van der Waals surface area (Å²) in [7, 11) is 3.52. The van der Waals surface area contributed by atoms with Crippen LogP contribution in [0.1, 0.15) is 57.8 Å². The number of carbonyl (C=O) groups excluding carboxylic acids is 1. The topological polar surface area (TPSA) is 124 Å². The molecule has 18 heteroatoms.